The van der Waals surface area contributed by atoms with Crippen molar-refractivity contribution in [3.8, 4) is 5.82 Å². The molecule has 1 aromatic carbocycles. The molecule has 1 aliphatic rings. The van der Waals surface area contributed by atoms with E-state index in [9.17, 15) is 9.90 Å². The van der Waals surface area contributed by atoms with Gasteiger partial charge in [0.25, 0.3) is 0 Å². The molecule has 7 heteroatoms. The number of anilines is 2. The molecule has 0 unspecified atom stereocenters. The van der Waals surface area contributed by atoms with Crippen LogP contribution in [0.5, 0.6) is 0 Å². The topological polar surface area (TPSA) is 92.1 Å². The van der Waals surface area contributed by atoms with Crippen LogP contribution in [0.1, 0.15) is 39.5 Å². The number of hydrogen-bond donors (Lipinski definition) is 3. The molecule has 152 valence electrons. The summed E-state index contributed by atoms with van der Waals surface area (Å²) in [6, 6.07) is 10.0. The van der Waals surface area contributed by atoms with Crippen LogP contribution in [0.2, 0.25) is 0 Å². The minimum atomic E-state index is -0.183. The standard InChI is InChI=1S/C22H27N5O2/c1-14(2)21(29)25-18-4-3-5-19-17(18)11-13-27(19)20-10-12-23-22(26-20)24-15-6-8-16(28)9-7-15/h3-5,10-16,28H,6-9H2,1-2H3,(H,25,29)(H,23,24,26). The van der Waals surface area contributed by atoms with Crippen molar-refractivity contribution in [1.29, 1.82) is 0 Å². The van der Waals surface area contributed by atoms with Gasteiger partial charge < -0.3 is 20.3 Å². The number of aromatic nitrogens is 3. The Kier molecular flexibility index (Phi) is 5.49. The predicted molar refractivity (Wildman–Crippen MR) is 114 cm³/mol. The van der Waals surface area contributed by atoms with Gasteiger partial charge in [-0.1, -0.05) is 19.9 Å². The third-order valence-electron chi connectivity index (χ3n) is 5.43. The van der Waals surface area contributed by atoms with E-state index in [-0.39, 0.29) is 24.0 Å². The van der Waals surface area contributed by atoms with Crippen molar-refractivity contribution in [1.82, 2.24) is 14.5 Å². The third-order valence-corrected chi connectivity index (χ3v) is 5.43. The molecule has 3 N–H and O–H groups in total. The summed E-state index contributed by atoms with van der Waals surface area (Å²) in [4.78, 5) is 21.2. The monoisotopic (exact) mass is 393 g/mol. The zero-order valence-electron chi connectivity index (χ0n) is 16.8. The number of carbonyl (C=O) groups is 1. The molecule has 0 radical (unpaired) electrons. The first kappa shape index (κ1) is 19.4. The normalized spacial score (nSPS) is 19.4. The molecule has 4 rings (SSSR count). The van der Waals surface area contributed by atoms with Gasteiger partial charge in [0.05, 0.1) is 17.3 Å². The van der Waals surface area contributed by atoms with Gasteiger partial charge in [0.15, 0.2) is 0 Å². The average Bonchev–Trinajstić information content (AvgIpc) is 3.15. The zero-order valence-corrected chi connectivity index (χ0v) is 16.8. The summed E-state index contributed by atoms with van der Waals surface area (Å²) in [7, 11) is 0. The Morgan fingerprint density at radius 2 is 1.97 bits per heavy atom. The largest absolute Gasteiger partial charge is 0.393 e. The van der Waals surface area contributed by atoms with Crippen LogP contribution in [-0.4, -0.2) is 37.7 Å². The third kappa shape index (κ3) is 4.24. The lowest BCUT2D eigenvalue weighted by Crippen LogP contribution is -2.29. The van der Waals surface area contributed by atoms with Gasteiger partial charge in [-0.15, -0.1) is 0 Å². The fourth-order valence-electron chi connectivity index (χ4n) is 3.71. The number of rotatable bonds is 5. The highest BCUT2D eigenvalue weighted by Gasteiger charge is 2.20. The zero-order chi connectivity index (χ0) is 20.4. The molecule has 0 saturated heterocycles. The van der Waals surface area contributed by atoms with Gasteiger partial charge in [0, 0.05) is 29.7 Å². The second kappa shape index (κ2) is 8.21. The highest BCUT2D eigenvalue weighted by molar-refractivity contribution is 6.02. The first-order valence-electron chi connectivity index (χ1n) is 10.2. The number of nitrogens with one attached hydrogen (secondary N) is 2. The van der Waals surface area contributed by atoms with E-state index in [0.717, 1.165) is 48.1 Å². The first-order chi connectivity index (χ1) is 14.0. The summed E-state index contributed by atoms with van der Waals surface area (Å²) in [6.45, 7) is 3.76. The number of fused-ring (bicyclic) bond motifs is 1. The second-order valence-electron chi connectivity index (χ2n) is 7.96. The summed E-state index contributed by atoms with van der Waals surface area (Å²) in [5.41, 5.74) is 1.77. The molecule has 0 spiro atoms. The van der Waals surface area contributed by atoms with Crippen molar-refractivity contribution in [2.75, 3.05) is 10.6 Å². The first-order valence-corrected chi connectivity index (χ1v) is 10.2. The van der Waals surface area contributed by atoms with E-state index < -0.39 is 0 Å². The van der Waals surface area contributed by atoms with Crippen LogP contribution in [0.25, 0.3) is 16.7 Å². The van der Waals surface area contributed by atoms with Crippen molar-refractivity contribution >= 4 is 28.4 Å². The molecule has 29 heavy (non-hydrogen) atoms. The Bertz CT molecular complexity index is 1010. The number of hydrogen-bond acceptors (Lipinski definition) is 5. The van der Waals surface area contributed by atoms with Gasteiger partial charge in [-0.05, 0) is 49.9 Å². The molecule has 1 saturated carbocycles. The number of amides is 1. The smallest absolute Gasteiger partial charge is 0.226 e. The number of nitrogens with zero attached hydrogens (tertiary/aromatic N) is 3. The minimum Gasteiger partial charge on any atom is -0.393 e. The average molecular weight is 393 g/mol. The summed E-state index contributed by atoms with van der Waals surface area (Å²) in [6.07, 6.45) is 6.98. The summed E-state index contributed by atoms with van der Waals surface area (Å²) in [5, 5.41) is 17.0. The van der Waals surface area contributed by atoms with Gasteiger partial charge in [0.2, 0.25) is 11.9 Å². The number of aliphatic hydroxyl groups excluding tert-OH is 1. The highest BCUT2D eigenvalue weighted by Crippen LogP contribution is 2.27. The van der Waals surface area contributed by atoms with Crippen LogP contribution < -0.4 is 10.6 Å². The molecule has 2 heterocycles. The molecule has 7 nitrogen and oxygen atoms in total. The lowest BCUT2D eigenvalue weighted by Gasteiger charge is -2.26. The lowest BCUT2D eigenvalue weighted by atomic mass is 9.93. The highest BCUT2D eigenvalue weighted by atomic mass is 16.3. The number of benzene rings is 1. The van der Waals surface area contributed by atoms with Crippen molar-refractivity contribution in [3.63, 3.8) is 0 Å². The van der Waals surface area contributed by atoms with Crippen molar-refractivity contribution in [3.05, 3.63) is 42.7 Å². The molecule has 1 aliphatic carbocycles. The number of aliphatic hydroxyl groups is 1. The SMILES string of the molecule is CC(C)C(=O)Nc1cccc2c1ccn2-c1ccnc(NC2CCC(O)CC2)n1. The Morgan fingerprint density at radius 1 is 1.17 bits per heavy atom. The van der Waals surface area contributed by atoms with Gasteiger partial charge in [-0.3, -0.25) is 4.79 Å². The maximum atomic E-state index is 12.1. The van der Waals surface area contributed by atoms with Crippen LogP contribution in [0.15, 0.2) is 42.7 Å². The van der Waals surface area contributed by atoms with E-state index in [4.69, 9.17) is 0 Å². The van der Waals surface area contributed by atoms with Crippen LogP contribution in [0, 0.1) is 5.92 Å². The van der Waals surface area contributed by atoms with E-state index >= 15 is 0 Å². The molecule has 1 fully saturated rings. The Morgan fingerprint density at radius 3 is 2.72 bits per heavy atom. The van der Waals surface area contributed by atoms with E-state index in [1.165, 1.54) is 0 Å². The van der Waals surface area contributed by atoms with Crippen LogP contribution >= 0.6 is 0 Å². The molecule has 3 aromatic rings. The van der Waals surface area contributed by atoms with E-state index in [1.54, 1.807) is 6.20 Å². The van der Waals surface area contributed by atoms with Gasteiger partial charge in [-0.2, -0.15) is 4.98 Å². The predicted octanol–water partition coefficient (Wildman–Crippen LogP) is 3.73. The second-order valence-corrected chi connectivity index (χ2v) is 7.96. The van der Waals surface area contributed by atoms with Gasteiger partial charge >= 0.3 is 0 Å². The molecular formula is C22H27N5O2. The van der Waals surface area contributed by atoms with E-state index in [1.807, 2.05) is 54.9 Å². The molecule has 1 amide bonds. The summed E-state index contributed by atoms with van der Waals surface area (Å²) in [5.74, 6) is 1.27. The van der Waals surface area contributed by atoms with Gasteiger partial charge in [-0.25, -0.2) is 4.98 Å². The van der Waals surface area contributed by atoms with Crippen LogP contribution in [0.3, 0.4) is 0 Å². The van der Waals surface area contributed by atoms with E-state index in [2.05, 4.69) is 20.6 Å². The Labute approximate surface area is 170 Å². The van der Waals surface area contributed by atoms with Gasteiger partial charge in [0.1, 0.15) is 5.82 Å². The van der Waals surface area contributed by atoms with Crippen LogP contribution in [-0.2, 0) is 4.79 Å². The van der Waals surface area contributed by atoms with Crippen molar-refractivity contribution in [2.24, 2.45) is 5.92 Å². The molecular weight excluding hydrogens is 366 g/mol. The number of carbonyl (C=O) groups excluding carboxylic acids is 1. The Balaban J connectivity index is 1.59. The molecule has 0 bridgehead atoms. The maximum Gasteiger partial charge on any atom is 0.226 e. The molecule has 0 atom stereocenters. The maximum absolute atomic E-state index is 12.1. The molecule has 2 aromatic heterocycles. The summed E-state index contributed by atoms with van der Waals surface area (Å²) < 4.78 is 2.00. The van der Waals surface area contributed by atoms with Crippen molar-refractivity contribution < 1.29 is 9.90 Å². The molecule has 0 aliphatic heterocycles. The lowest BCUT2D eigenvalue weighted by molar-refractivity contribution is -0.118. The Hall–Kier alpha value is -2.93. The fraction of sp³-hybridized carbons (Fsp3) is 0.409. The quantitative estimate of drug-likeness (QED) is 0.614. The summed E-state index contributed by atoms with van der Waals surface area (Å²) >= 11 is 0. The fourth-order valence-corrected chi connectivity index (χ4v) is 3.71. The van der Waals surface area contributed by atoms with E-state index in [0.29, 0.717) is 5.95 Å². The minimum absolute atomic E-state index is 0.00336. The van der Waals surface area contributed by atoms with Crippen LogP contribution in [0.4, 0.5) is 11.6 Å². The van der Waals surface area contributed by atoms with Crippen molar-refractivity contribution in [2.45, 2.75) is 51.7 Å².